The fourth-order valence-corrected chi connectivity index (χ4v) is 18.4. The minimum absolute atomic E-state index is 0.483. The van der Waals surface area contributed by atoms with E-state index < -0.39 is 25.5 Å². The van der Waals surface area contributed by atoms with Crippen LogP contribution in [0.5, 0.6) is 0 Å². The Morgan fingerprint density at radius 3 is 0.787 bits per heavy atom. The van der Waals surface area contributed by atoms with Crippen LogP contribution in [0.2, 0.25) is 0 Å². The summed E-state index contributed by atoms with van der Waals surface area (Å²) in [5, 5.41) is 10.5. The summed E-state index contributed by atoms with van der Waals surface area (Å²) in [4.78, 5) is 22.2. The first kappa shape index (κ1) is 77.2. The Kier molecular flexibility index (Phi) is 21.2. The molecule has 0 saturated carbocycles. The Hall–Kier alpha value is -13.4. The number of pyridine rings is 10. The van der Waals surface area contributed by atoms with Gasteiger partial charge in [0.2, 0.25) is 57.0 Å². The van der Waals surface area contributed by atoms with Crippen LogP contribution in [0.1, 0.15) is 204 Å². The van der Waals surface area contributed by atoms with Crippen molar-refractivity contribution in [1.29, 1.82) is 0 Å². The molecular weight excluding hydrogens is 1570 g/mol. The van der Waals surface area contributed by atoms with E-state index >= 15 is 0 Å². The van der Waals surface area contributed by atoms with Crippen molar-refractivity contribution < 1.29 is 55.9 Å². The average molecular weight is 1690 g/mol. The molecule has 2 atom stereocenters. The molecule has 642 valence electrons. The smallest absolute Gasteiger partial charge is 0.227 e. The van der Waals surface area contributed by atoms with Crippen molar-refractivity contribution in [2.24, 2.45) is 35.2 Å². The zero-order valence-electron chi connectivity index (χ0n) is 85.8. The third-order valence-electron chi connectivity index (χ3n) is 25.1. The number of aromatic nitrogens is 10. The lowest BCUT2D eigenvalue weighted by atomic mass is 9.94. The maximum atomic E-state index is 8.50. The van der Waals surface area contributed by atoms with Crippen molar-refractivity contribution in [2.45, 2.75) is 182 Å². The molecule has 15 heterocycles. The summed E-state index contributed by atoms with van der Waals surface area (Å²) in [6.07, 6.45) is 15.5. The molecule has 0 aliphatic heterocycles. The number of rotatable bonds is 10. The Balaban J connectivity index is 0.000000123. The number of hydrogen-bond acceptors (Lipinski definition) is 10. The summed E-state index contributed by atoms with van der Waals surface area (Å²) in [7, 11) is 10.1. The van der Waals surface area contributed by atoms with Gasteiger partial charge in [-0.15, -0.1) is 0 Å². The standard InChI is InChI=1S/2C23H25N2O.3C22H23N2O/c2*1-13(2)19-12-25(6)20(11-15(19)4)21-14(3)7-9-17-18-10-8-16(5)24-23(18)26-22(17)21;1-13(2)18-11-19(24(5)12-15(18)4)20-14(3)8-9-16-17-7-6-10-23-22(17)25-21(16)20;2*1-13(2)18-12-24(5)19(11-15(18)4)20-14(3)8-9-16-17-7-6-10-23-22(17)25-21(16)20/h2*7-13H,1-6H3;3*6-13H,1-5H3/q5*+1/i1D3,13D;;;1D3,13D;. The molecule has 0 aliphatic carbocycles. The van der Waals surface area contributed by atoms with Gasteiger partial charge in [-0.1, -0.05) is 130 Å². The number of benzene rings is 5. The van der Waals surface area contributed by atoms with E-state index in [1.165, 1.54) is 81.0 Å². The van der Waals surface area contributed by atoms with Crippen LogP contribution in [0.3, 0.4) is 0 Å². The minimum atomic E-state index is -2.43. The summed E-state index contributed by atoms with van der Waals surface area (Å²) in [6, 6.07) is 52.0. The lowest BCUT2D eigenvalue weighted by Gasteiger charge is -2.12. The van der Waals surface area contributed by atoms with E-state index in [0.29, 0.717) is 57.4 Å². The second-order valence-corrected chi connectivity index (χ2v) is 35.5. The molecule has 20 rings (SSSR count). The first-order valence-corrected chi connectivity index (χ1v) is 43.7. The highest BCUT2D eigenvalue weighted by atomic mass is 16.4. The van der Waals surface area contributed by atoms with Gasteiger partial charge >= 0.3 is 0 Å². The SMILES string of the molecule is Cc1c[n+](C)c(-c2c(C)ccc3c2oc2ncccc23)cc1C(C)C.Cc1cc(-c2c(C)ccc3c2oc2ncccc23)[n+](C)cc1C(C)C.Cc1ccc2c(n1)oc1c(-c3cc(C)c(C(C)C)c[n+]3C)c(C)ccc12.[2H]C([2H])([2H])C([2H])(C)c1c[n+](C)c(-c2c(C)ccc3c2oc2nc(C)ccc23)cc1C.[2H]C([2H])([2H])C([2H])(C)c1c[n+](C)c(-c2c(C)ccc3c2oc2ncccc23)cc1C. The fourth-order valence-electron chi connectivity index (χ4n) is 18.4. The van der Waals surface area contributed by atoms with Crippen LogP contribution in [0, 0.1) is 83.1 Å². The van der Waals surface area contributed by atoms with E-state index in [4.69, 9.17) is 33.1 Å². The van der Waals surface area contributed by atoms with E-state index in [0.717, 1.165) is 155 Å². The fraction of sp³-hybridized carbons (Fsp3) is 0.286. The van der Waals surface area contributed by atoms with Gasteiger partial charge in [0.15, 0.2) is 58.9 Å². The van der Waals surface area contributed by atoms with Crippen molar-refractivity contribution in [3.05, 3.63) is 296 Å². The van der Waals surface area contributed by atoms with Crippen LogP contribution in [0.4, 0.5) is 0 Å². The maximum absolute atomic E-state index is 8.50. The minimum Gasteiger partial charge on any atom is -0.437 e. The van der Waals surface area contributed by atoms with Crippen LogP contribution < -0.4 is 22.8 Å². The molecule has 20 aromatic rings. The third kappa shape index (κ3) is 16.3. The van der Waals surface area contributed by atoms with Crippen LogP contribution >= 0.6 is 0 Å². The Morgan fingerprint density at radius 1 is 0.260 bits per heavy atom. The molecule has 15 aromatic heterocycles. The largest absolute Gasteiger partial charge is 0.437 e. The lowest BCUT2D eigenvalue weighted by molar-refractivity contribution is -0.661. The van der Waals surface area contributed by atoms with Gasteiger partial charge in [-0.25, -0.2) is 47.8 Å². The van der Waals surface area contributed by atoms with E-state index in [2.05, 4.69) is 246 Å². The van der Waals surface area contributed by atoms with Crippen molar-refractivity contribution in [3.8, 4) is 56.3 Å². The molecule has 15 nitrogen and oxygen atoms in total. The van der Waals surface area contributed by atoms with Gasteiger partial charge in [0.25, 0.3) is 0 Å². The first-order chi connectivity index (χ1) is 63.7. The maximum Gasteiger partial charge on any atom is 0.227 e. The van der Waals surface area contributed by atoms with Gasteiger partial charge < -0.3 is 22.1 Å². The summed E-state index contributed by atoms with van der Waals surface area (Å²) in [6.45, 7) is 36.1. The van der Waals surface area contributed by atoms with Crippen molar-refractivity contribution in [3.63, 3.8) is 0 Å². The first-order valence-electron chi connectivity index (χ1n) is 47.7. The summed E-state index contributed by atoms with van der Waals surface area (Å²) in [5.41, 5.74) is 36.4. The molecule has 0 N–H and O–H groups in total. The topological polar surface area (TPSA) is 150 Å². The van der Waals surface area contributed by atoms with E-state index in [1.807, 2.05) is 132 Å². The van der Waals surface area contributed by atoms with Gasteiger partial charge in [0, 0.05) is 153 Å². The molecule has 0 fully saturated rings. The van der Waals surface area contributed by atoms with Crippen LogP contribution in [-0.2, 0) is 35.2 Å². The molecular formula is C112H119N10O5+5. The average Bonchev–Trinajstić information content (AvgIpc) is 1.66. The number of hydrogen-bond donors (Lipinski definition) is 0. The second kappa shape index (κ2) is 34.9. The molecule has 2 unspecified atom stereocenters. The molecule has 0 aliphatic rings. The zero-order valence-corrected chi connectivity index (χ0v) is 77.8. The van der Waals surface area contributed by atoms with Crippen LogP contribution in [0.25, 0.3) is 167 Å². The molecule has 0 bridgehead atoms. The quantitative estimate of drug-likeness (QED) is 0.121. The predicted molar refractivity (Wildman–Crippen MR) is 518 cm³/mol. The van der Waals surface area contributed by atoms with Gasteiger partial charge in [0.1, 0.15) is 35.2 Å². The highest BCUT2D eigenvalue weighted by Crippen LogP contribution is 2.44. The summed E-state index contributed by atoms with van der Waals surface area (Å²) in [5.74, 6) is -1.90. The molecule has 0 saturated heterocycles. The van der Waals surface area contributed by atoms with Gasteiger partial charge in [-0.05, 0) is 229 Å². The number of furan rings is 5. The lowest BCUT2D eigenvalue weighted by Crippen LogP contribution is -2.32. The van der Waals surface area contributed by atoms with Gasteiger partial charge in [-0.2, -0.15) is 0 Å². The zero-order chi connectivity index (χ0) is 97.2. The normalized spacial score (nSPS) is 13.8. The second-order valence-electron chi connectivity index (χ2n) is 35.5. The number of aryl methyl sites for hydroxylation is 17. The molecule has 0 amide bonds. The van der Waals surface area contributed by atoms with E-state index in [-0.39, 0.29) is 0 Å². The van der Waals surface area contributed by atoms with Gasteiger partial charge in [0.05, 0.1) is 27.8 Å². The number of nitrogens with zero attached hydrogens (tertiary/aromatic N) is 10. The molecule has 127 heavy (non-hydrogen) atoms. The van der Waals surface area contributed by atoms with E-state index in [1.54, 1.807) is 31.0 Å². The highest BCUT2D eigenvalue weighted by Gasteiger charge is 2.30. The third-order valence-corrected chi connectivity index (χ3v) is 25.1. The van der Waals surface area contributed by atoms with Crippen molar-refractivity contribution in [2.75, 3.05) is 0 Å². The van der Waals surface area contributed by atoms with Crippen molar-refractivity contribution in [1.82, 2.24) is 24.9 Å². The van der Waals surface area contributed by atoms with E-state index in [9.17, 15) is 0 Å². The summed E-state index contributed by atoms with van der Waals surface area (Å²) >= 11 is 0. The molecule has 5 aromatic carbocycles. The van der Waals surface area contributed by atoms with Crippen molar-refractivity contribution >= 4 is 110 Å². The molecule has 0 spiro atoms. The number of fused-ring (bicyclic) bond motifs is 15. The summed E-state index contributed by atoms with van der Waals surface area (Å²) < 4.78 is 105. The monoisotopic (exact) mass is 1690 g/mol. The Bertz CT molecular complexity index is 8120. The Morgan fingerprint density at radius 2 is 0.504 bits per heavy atom. The van der Waals surface area contributed by atoms with Gasteiger partial charge in [-0.3, -0.25) is 0 Å². The molecule has 0 radical (unpaired) electrons. The predicted octanol–water partition coefficient (Wildman–Crippen LogP) is 26.7. The Labute approximate surface area is 756 Å². The highest BCUT2D eigenvalue weighted by molar-refractivity contribution is 6.13. The molecule has 15 heteroatoms. The van der Waals surface area contributed by atoms with Crippen LogP contribution in [0.15, 0.2) is 223 Å². The van der Waals surface area contributed by atoms with Crippen LogP contribution in [-0.4, -0.2) is 24.9 Å².